The second-order valence-electron chi connectivity index (χ2n) is 5.90. The van der Waals surface area contributed by atoms with E-state index in [-0.39, 0.29) is 12.5 Å². The maximum Gasteiger partial charge on any atom is 0.303 e. The van der Waals surface area contributed by atoms with E-state index in [1.54, 1.807) is 0 Å². The Kier molecular flexibility index (Phi) is 14.9. The quantitative estimate of drug-likeness (QED) is 0.327. The maximum absolute atomic E-state index is 10.3. The SMILES string of the molecule is CCCCCCCC=CC(O)CCCCCCCC(=O)O. The maximum atomic E-state index is 10.3. The minimum absolute atomic E-state index is 0.281. The number of aliphatic carboxylic acids is 1. The van der Waals surface area contributed by atoms with Gasteiger partial charge in [-0.05, 0) is 25.7 Å². The minimum Gasteiger partial charge on any atom is -0.481 e. The summed E-state index contributed by atoms with van der Waals surface area (Å²) in [5, 5.41) is 18.3. The predicted molar refractivity (Wildman–Crippen MR) is 88.5 cm³/mol. The fourth-order valence-corrected chi connectivity index (χ4v) is 2.38. The number of carboxylic acid groups (broad SMARTS) is 1. The largest absolute Gasteiger partial charge is 0.481 e. The lowest BCUT2D eigenvalue weighted by atomic mass is 10.1. The number of aliphatic hydroxyl groups excluding tert-OH is 1. The van der Waals surface area contributed by atoms with Crippen molar-refractivity contribution in [3.05, 3.63) is 12.2 Å². The molecule has 0 saturated heterocycles. The Bertz CT molecular complexity index is 261. The van der Waals surface area contributed by atoms with Crippen LogP contribution in [0.3, 0.4) is 0 Å². The van der Waals surface area contributed by atoms with Gasteiger partial charge in [0.15, 0.2) is 0 Å². The second kappa shape index (κ2) is 15.6. The van der Waals surface area contributed by atoms with Gasteiger partial charge in [-0.3, -0.25) is 4.79 Å². The lowest BCUT2D eigenvalue weighted by Gasteiger charge is -2.05. The number of rotatable bonds is 15. The van der Waals surface area contributed by atoms with Crippen LogP contribution in [0.1, 0.15) is 90.4 Å². The molecule has 0 fully saturated rings. The number of hydrogen-bond donors (Lipinski definition) is 2. The molecule has 0 aliphatic carbocycles. The third-order valence-corrected chi connectivity index (χ3v) is 3.72. The summed E-state index contributed by atoms with van der Waals surface area (Å²) >= 11 is 0. The molecule has 0 aromatic heterocycles. The van der Waals surface area contributed by atoms with E-state index in [1.165, 1.54) is 32.1 Å². The second-order valence-corrected chi connectivity index (χ2v) is 5.90. The van der Waals surface area contributed by atoms with Crippen LogP contribution < -0.4 is 0 Å². The van der Waals surface area contributed by atoms with Gasteiger partial charge in [0.05, 0.1) is 6.10 Å². The van der Waals surface area contributed by atoms with E-state index in [1.807, 2.05) is 6.08 Å². The Morgan fingerprint density at radius 3 is 2.29 bits per heavy atom. The average molecular weight is 298 g/mol. The Morgan fingerprint density at radius 1 is 0.952 bits per heavy atom. The van der Waals surface area contributed by atoms with E-state index in [9.17, 15) is 9.90 Å². The fraction of sp³-hybridized carbons (Fsp3) is 0.833. The highest BCUT2D eigenvalue weighted by atomic mass is 16.4. The van der Waals surface area contributed by atoms with Gasteiger partial charge < -0.3 is 10.2 Å². The van der Waals surface area contributed by atoms with Gasteiger partial charge in [0.25, 0.3) is 0 Å². The molecule has 0 spiro atoms. The van der Waals surface area contributed by atoms with Crippen LogP contribution in [-0.4, -0.2) is 22.3 Å². The van der Waals surface area contributed by atoms with Crippen LogP contribution in [0.4, 0.5) is 0 Å². The van der Waals surface area contributed by atoms with Crippen molar-refractivity contribution in [2.24, 2.45) is 0 Å². The number of carbonyl (C=O) groups is 1. The van der Waals surface area contributed by atoms with E-state index in [0.29, 0.717) is 0 Å². The lowest BCUT2D eigenvalue weighted by Crippen LogP contribution is -2.01. The summed E-state index contributed by atoms with van der Waals surface area (Å²) in [7, 11) is 0. The molecule has 0 radical (unpaired) electrons. The summed E-state index contributed by atoms with van der Waals surface area (Å²) in [5.41, 5.74) is 0. The standard InChI is InChI=1S/C18H34O3/c1-2-3-4-5-6-8-11-14-17(19)15-12-9-7-10-13-16-18(20)21/h11,14,17,19H,2-10,12-13,15-16H2,1H3,(H,20,21). The van der Waals surface area contributed by atoms with E-state index >= 15 is 0 Å². The van der Waals surface area contributed by atoms with Crippen LogP contribution in [0.15, 0.2) is 12.2 Å². The molecule has 3 nitrogen and oxygen atoms in total. The van der Waals surface area contributed by atoms with Crippen LogP contribution in [0.2, 0.25) is 0 Å². The van der Waals surface area contributed by atoms with Crippen LogP contribution in [-0.2, 0) is 4.79 Å². The van der Waals surface area contributed by atoms with Gasteiger partial charge in [-0.1, -0.05) is 70.4 Å². The summed E-state index contributed by atoms with van der Waals surface area (Å²) in [6.07, 6.45) is 17.3. The third-order valence-electron chi connectivity index (χ3n) is 3.72. The smallest absolute Gasteiger partial charge is 0.303 e. The summed E-state index contributed by atoms with van der Waals surface area (Å²) in [5.74, 6) is -0.703. The van der Waals surface area contributed by atoms with Gasteiger partial charge >= 0.3 is 5.97 Å². The van der Waals surface area contributed by atoms with E-state index in [4.69, 9.17) is 5.11 Å². The third kappa shape index (κ3) is 17.1. The summed E-state index contributed by atoms with van der Waals surface area (Å²) in [6, 6.07) is 0. The fourth-order valence-electron chi connectivity index (χ4n) is 2.38. The van der Waals surface area contributed by atoms with Crippen molar-refractivity contribution in [2.75, 3.05) is 0 Å². The molecule has 0 bridgehead atoms. The van der Waals surface area contributed by atoms with Crippen molar-refractivity contribution < 1.29 is 15.0 Å². The lowest BCUT2D eigenvalue weighted by molar-refractivity contribution is -0.137. The van der Waals surface area contributed by atoms with E-state index in [2.05, 4.69) is 13.0 Å². The highest BCUT2D eigenvalue weighted by Gasteiger charge is 2.00. The molecule has 0 amide bonds. The molecule has 0 aromatic carbocycles. The Hall–Kier alpha value is -0.830. The number of carboxylic acids is 1. The highest BCUT2D eigenvalue weighted by Crippen LogP contribution is 2.10. The number of aliphatic hydroxyl groups is 1. The Morgan fingerprint density at radius 2 is 1.57 bits per heavy atom. The van der Waals surface area contributed by atoms with Crippen LogP contribution >= 0.6 is 0 Å². The van der Waals surface area contributed by atoms with Crippen LogP contribution in [0.25, 0.3) is 0 Å². The molecular weight excluding hydrogens is 264 g/mol. The molecule has 3 heteroatoms. The molecule has 0 aromatic rings. The molecule has 1 atom stereocenters. The van der Waals surface area contributed by atoms with Crippen molar-refractivity contribution in [1.82, 2.24) is 0 Å². The molecule has 2 N–H and O–H groups in total. The van der Waals surface area contributed by atoms with E-state index < -0.39 is 5.97 Å². The molecule has 0 rings (SSSR count). The molecule has 0 heterocycles. The first kappa shape index (κ1) is 20.2. The van der Waals surface area contributed by atoms with Crippen molar-refractivity contribution in [3.8, 4) is 0 Å². The molecule has 1 unspecified atom stereocenters. The summed E-state index contributed by atoms with van der Waals surface area (Å²) < 4.78 is 0. The molecule has 0 saturated carbocycles. The topological polar surface area (TPSA) is 57.5 Å². The predicted octanol–water partition coefficient (Wildman–Crippen LogP) is 5.08. The zero-order chi connectivity index (χ0) is 15.8. The Labute approximate surface area is 130 Å². The normalized spacial score (nSPS) is 12.9. The van der Waals surface area contributed by atoms with Gasteiger partial charge in [0, 0.05) is 6.42 Å². The molecular formula is C18H34O3. The number of unbranched alkanes of at least 4 members (excludes halogenated alkanes) is 9. The molecule has 0 aliphatic heterocycles. The number of allylic oxidation sites excluding steroid dienone is 1. The van der Waals surface area contributed by atoms with Crippen molar-refractivity contribution >= 4 is 5.97 Å². The number of hydrogen-bond acceptors (Lipinski definition) is 2. The van der Waals surface area contributed by atoms with Crippen molar-refractivity contribution in [2.45, 2.75) is 96.5 Å². The first-order valence-corrected chi connectivity index (χ1v) is 8.73. The van der Waals surface area contributed by atoms with Crippen LogP contribution in [0.5, 0.6) is 0 Å². The van der Waals surface area contributed by atoms with Crippen molar-refractivity contribution in [1.29, 1.82) is 0 Å². The van der Waals surface area contributed by atoms with Crippen LogP contribution in [0, 0.1) is 0 Å². The van der Waals surface area contributed by atoms with Gasteiger partial charge in [0.1, 0.15) is 0 Å². The summed E-state index contributed by atoms with van der Waals surface area (Å²) in [4.78, 5) is 10.3. The zero-order valence-electron chi connectivity index (χ0n) is 13.7. The zero-order valence-corrected chi connectivity index (χ0v) is 13.7. The molecule has 0 aliphatic rings. The first-order chi connectivity index (χ1) is 10.2. The first-order valence-electron chi connectivity index (χ1n) is 8.73. The van der Waals surface area contributed by atoms with E-state index in [0.717, 1.165) is 44.9 Å². The Balaban J connectivity index is 3.29. The van der Waals surface area contributed by atoms with Gasteiger partial charge in [0.2, 0.25) is 0 Å². The van der Waals surface area contributed by atoms with Crippen molar-refractivity contribution in [3.63, 3.8) is 0 Å². The average Bonchev–Trinajstić information content (AvgIpc) is 2.45. The van der Waals surface area contributed by atoms with Gasteiger partial charge in [-0.25, -0.2) is 0 Å². The monoisotopic (exact) mass is 298 g/mol. The molecule has 124 valence electrons. The minimum atomic E-state index is -0.703. The highest BCUT2D eigenvalue weighted by molar-refractivity contribution is 5.66. The van der Waals surface area contributed by atoms with Gasteiger partial charge in [-0.2, -0.15) is 0 Å². The van der Waals surface area contributed by atoms with Gasteiger partial charge in [-0.15, -0.1) is 0 Å². The molecule has 21 heavy (non-hydrogen) atoms. The summed E-state index contributed by atoms with van der Waals surface area (Å²) in [6.45, 7) is 2.22.